The minimum atomic E-state index is -0.702. The van der Waals surface area contributed by atoms with Gasteiger partial charge < -0.3 is 20.1 Å². The third kappa shape index (κ3) is 5.75. The van der Waals surface area contributed by atoms with Gasteiger partial charge in [0.2, 0.25) is 5.91 Å². The second-order valence-electron chi connectivity index (χ2n) is 8.58. The van der Waals surface area contributed by atoms with Crippen LogP contribution in [0.5, 0.6) is 11.5 Å². The number of carbonyl (C=O) groups excluding carboxylic acids is 2. The van der Waals surface area contributed by atoms with E-state index >= 15 is 0 Å². The summed E-state index contributed by atoms with van der Waals surface area (Å²) in [6.07, 6.45) is 0. The molecule has 6 heteroatoms. The minimum Gasteiger partial charge on any atom is -0.497 e. The first-order valence-corrected chi connectivity index (χ1v) is 10.0. The maximum absolute atomic E-state index is 12.9. The molecule has 0 aliphatic carbocycles. The zero-order valence-corrected chi connectivity index (χ0v) is 18.8. The topological polar surface area (TPSA) is 76.7 Å². The highest BCUT2D eigenvalue weighted by molar-refractivity contribution is 6.01. The van der Waals surface area contributed by atoms with Gasteiger partial charge in [-0.3, -0.25) is 9.59 Å². The van der Waals surface area contributed by atoms with Crippen molar-refractivity contribution in [3.8, 4) is 11.5 Å². The summed E-state index contributed by atoms with van der Waals surface area (Å²) < 4.78 is 10.5. The van der Waals surface area contributed by atoms with Crippen LogP contribution in [0.1, 0.15) is 50.5 Å². The Morgan fingerprint density at radius 2 is 1.57 bits per heavy atom. The smallest absolute Gasteiger partial charge is 0.251 e. The SMILES string of the molecule is COc1ccc(NC(=O)[C@@H](NC(=O)c2ccc(C(C)(C)C)cc2)C(C)C)c(OC)c1. The average molecular weight is 413 g/mol. The lowest BCUT2D eigenvalue weighted by atomic mass is 9.86. The van der Waals surface area contributed by atoms with E-state index in [0.29, 0.717) is 22.7 Å². The number of carbonyl (C=O) groups is 2. The Kier molecular flexibility index (Phi) is 7.48. The van der Waals surface area contributed by atoms with E-state index in [9.17, 15) is 9.59 Å². The van der Waals surface area contributed by atoms with E-state index in [-0.39, 0.29) is 23.1 Å². The Morgan fingerprint density at radius 3 is 2.07 bits per heavy atom. The van der Waals surface area contributed by atoms with Crippen molar-refractivity contribution in [2.75, 3.05) is 19.5 Å². The maximum atomic E-state index is 12.9. The first-order chi connectivity index (χ1) is 14.1. The van der Waals surface area contributed by atoms with Gasteiger partial charge in [0.25, 0.3) is 5.91 Å². The van der Waals surface area contributed by atoms with E-state index in [1.807, 2.05) is 26.0 Å². The molecular weight excluding hydrogens is 380 g/mol. The molecule has 0 bridgehead atoms. The van der Waals surface area contributed by atoms with Crippen LogP contribution in [-0.2, 0) is 10.2 Å². The van der Waals surface area contributed by atoms with Crippen LogP contribution in [0.25, 0.3) is 0 Å². The lowest BCUT2D eigenvalue weighted by Crippen LogP contribution is -2.47. The third-order valence-electron chi connectivity index (χ3n) is 4.92. The molecule has 0 heterocycles. The molecule has 6 nitrogen and oxygen atoms in total. The van der Waals surface area contributed by atoms with E-state index in [0.717, 1.165) is 5.56 Å². The van der Waals surface area contributed by atoms with Crippen LogP contribution in [0.4, 0.5) is 5.69 Å². The molecule has 0 saturated heterocycles. The average Bonchev–Trinajstić information content (AvgIpc) is 2.71. The second-order valence-corrected chi connectivity index (χ2v) is 8.58. The highest BCUT2D eigenvalue weighted by Crippen LogP contribution is 2.29. The van der Waals surface area contributed by atoms with Crippen molar-refractivity contribution in [3.63, 3.8) is 0 Å². The molecule has 2 N–H and O–H groups in total. The summed E-state index contributed by atoms with van der Waals surface area (Å²) in [5, 5.41) is 5.70. The molecule has 0 fully saturated rings. The Balaban J connectivity index is 2.15. The fraction of sp³-hybridized carbons (Fsp3) is 0.417. The molecule has 0 aromatic heterocycles. The monoisotopic (exact) mass is 412 g/mol. The summed E-state index contributed by atoms with van der Waals surface area (Å²) in [6, 6.07) is 11.9. The van der Waals surface area contributed by atoms with Crippen molar-refractivity contribution < 1.29 is 19.1 Å². The van der Waals surface area contributed by atoms with Gasteiger partial charge in [-0.1, -0.05) is 46.8 Å². The number of hydrogen-bond acceptors (Lipinski definition) is 4. The number of ether oxygens (including phenoxy) is 2. The van der Waals surface area contributed by atoms with Crippen LogP contribution in [0.3, 0.4) is 0 Å². The first-order valence-electron chi connectivity index (χ1n) is 10.0. The van der Waals surface area contributed by atoms with Crippen molar-refractivity contribution >= 4 is 17.5 Å². The largest absolute Gasteiger partial charge is 0.497 e. The minimum absolute atomic E-state index is 0.00673. The van der Waals surface area contributed by atoms with Gasteiger partial charge in [-0.05, 0) is 41.2 Å². The number of hydrogen-bond donors (Lipinski definition) is 2. The van der Waals surface area contributed by atoms with Crippen LogP contribution in [-0.4, -0.2) is 32.1 Å². The van der Waals surface area contributed by atoms with Crippen LogP contribution >= 0.6 is 0 Å². The van der Waals surface area contributed by atoms with Crippen LogP contribution in [0.2, 0.25) is 0 Å². The van der Waals surface area contributed by atoms with Crippen molar-refractivity contribution in [1.82, 2.24) is 5.32 Å². The number of nitrogens with one attached hydrogen (secondary N) is 2. The normalized spacial score (nSPS) is 12.3. The predicted molar refractivity (Wildman–Crippen MR) is 119 cm³/mol. The summed E-state index contributed by atoms with van der Waals surface area (Å²) in [5.74, 6) is 0.401. The molecular formula is C24H32N2O4. The maximum Gasteiger partial charge on any atom is 0.251 e. The van der Waals surface area contributed by atoms with E-state index < -0.39 is 6.04 Å². The molecule has 2 aromatic carbocycles. The molecule has 162 valence electrons. The predicted octanol–water partition coefficient (Wildman–Crippen LogP) is 4.39. The Bertz CT molecular complexity index is 883. The standard InChI is InChI=1S/C24H32N2O4/c1-15(2)21(23(28)25-19-13-12-18(29-6)14-20(19)30-7)26-22(27)16-8-10-17(11-9-16)24(3,4)5/h8-15,21H,1-7H3,(H,25,28)(H,26,27)/t21-/m0/s1. The summed E-state index contributed by atoms with van der Waals surface area (Å²) in [7, 11) is 3.08. The molecule has 0 aliphatic heterocycles. The molecule has 0 spiro atoms. The summed E-state index contributed by atoms with van der Waals surface area (Å²) in [5.41, 5.74) is 2.18. The van der Waals surface area contributed by atoms with Gasteiger partial charge in [-0.25, -0.2) is 0 Å². The number of amides is 2. The van der Waals surface area contributed by atoms with Gasteiger partial charge in [0.15, 0.2) is 0 Å². The number of benzene rings is 2. The zero-order chi connectivity index (χ0) is 22.5. The van der Waals surface area contributed by atoms with E-state index in [2.05, 4.69) is 31.4 Å². The van der Waals surface area contributed by atoms with Gasteiger partial charge in [0, 0.05) is 11.6 Å². The lowest BCUT2D eigenvalue weighted by molar-refractivity contribution is -0.118. The van der Waals surface area contributed by atoms with Gasteiger partial charge in [0.1, 0.15) is 17.5 Å². The van der Waals surface area contributed by atoms with Crippen LogP contribution in [0.15, 0.2) is 42.5 Å². The van der Waals surface area contributed by atoms with Crippen molar-refractivity contribution in [3.05, 3.63) is 53.6 Å². The van der Waals surface area contributed by atoms with Crippen LogP contribution in [0, 0.1) is 5.92 Å². The molecule has 2 amide bonds. The number of rotatable bonds is 7. The Labute approximate surface area is 179 Å². The van der Waals surface area contributed by atoms with E-state index in [1.165, 1.54) is 7.11 Å². The highest BCUT2D eigenvalue weighted by atomic mass is 16.5. The molecule has 0 radical (unpaired) electrons. The van der Waals surface area contributed by atoms with Crippen molar-refractivity contribution in [1.29, 1.82) is 0 Å². The zero-order valence-electron chi connectivity index (χ0n) is 18.8. The second kappa shape index (κ2) is 9.65. The highest BCUT2D eigenvalue weighted by Gasteiger charge is 2.26. The van der Waals surface area contributed by atoms with E-state index in [1.54, 1.807) is 37.4 Å². The summed E-state index contributed by atoms with van der Waals surface area (Å²) >= 11 is 0. The number of anilines is 1. The molecule has 2 rings (SSSR count). The fourth-order valence-electron chi connectivity index (χ4n) is 2.99. The Morgan fingerprint density at radius 1 is 0.933 bits per heavy atom. The Hall–Kier alpha value is -3.02. The molecule has 0 saturated carbocycles. The molecule has 0 aliphatic rings. The van der Waals surface area contributed by atoms with Crippen molar-refractivity contribution in [2.24, 2.45) is 5.92 Å². The number of methoxy groups -OCH3 is 2. The van der Waals surface area contributed by atoms with Gasteiger partial charge >= 0.3 is 0 Å². The third-order valence-corrected chi connectivity index (χ3v) is 4.92. The quantitative estimate of drug-likeness (QED) is 0.707. The lowest BCUT2D eigenvalue weighted by Gasteiger charge is -2.23. The summed E-state index contributed by atoms with van der Waals surface area (Å²) in [6.45, 7) is 10.1. The van der Waals surface area contributed by atoms with Gasteiger partial charge in [-0.15, -0.1) is 0 Å². The van der Waals surface area contributed by atoms with Gasteiger partial charge in [-0.2, -0.15) is 0 Å². The molecule has 1 atom stereocenters. The van der Waals surface area contributed by atoms with Crippen molar-refractivity contribution in [2.45, 2.75) is 46.1 Å². The molecule has 2 aromatic rings. The molecule has 30 heavy (non-hydrogen) atoms. The van der Waals surface area contributed by atoms with E-state index in [4.69, 9.17) is 9.47 Å². The summed E-state index contributed by atoms with van der Waals surface area (Å²) in [4.78, 5) is 25.7. The van der Waals surface area contributed by atoms with Crippen LogP contribution < -0.4 is 20.1 Å². The fourth-order valence-corrected chi connectivity index (χ4v) is 2.99. The van der Waals surface area contributed by atoms with Gasteiger partial charge in [0.05, 0.1) is 19.9 Å². The molecule has 0 unspecified atom stereocenters. The first kappa shape index (κ1) is 23.3.